The van der Waals surface area contributed by atoms with Crippen molar-refractivity contribution in [1.82, 2.24) is 9.80 Å². The van der Waals surface area contributed by atoms with Gasteiger partial charge in [0.2, 0.25) is 11.8 Å². The Morgan fingerprint density at radius 1 is 0.957 bits per heavy atom. The fourth-order valence-corrected chi connectivity index (χ4v) is 2.93. The molecule has 0 N–H and O–H groups in total. The lowest BCUT2D eigenvalue weighted by molar-refractivity contribution is -0.158. The molecule has 4 amide bonds. The number of barbiturate groups is 1. The van der Waals surface area contributed by atoms with E-state index in [1.165, 1.54) is 12.2 Å². The number of rotatable bonds is 8. The van der Waals surface area contributed by atoms with E-state index in [-0.39, 0.29) is 38.1 Å². The predicted molar refractivity (Wildman–Crippen MR) is 80.4 cm³/mol. The van der Waals surface area contributed by atoms with Crippen molar-refractivity contribution in [2.45, 2.75) is 25.0 Å². The van der Waals surface area contributed by atoms with Gasteiger partial charge >= 0.3 is 6.03 Å². The number of hydrogen-bond acceptors (Lipinski definition) is 5. The Hall–Kier alpha value is -1.99. The van der Waals surface area contributed by atoms with E-state index in [2.05, 4.69) is 13.2 Å². The van der Waals surface area contributed by atoms with Gasteiger partial charge in [0.05, 0.1) is 38.5 Å². The highest BCUT2D eigenvalue weighted by molar-refractivity contribution is 6.19. The molecule has 3 aliphatic rings. The van der Waals surface area contributed by atoms with Crippen molar-refractivity contribution in [3.05, 3.63) is 25.3 Å². The molecular weight excluding hydrogens is 300 g/mol. The average molecular weight is 320 g/mol. The van der Waals surface area contributed by atoms with Gasteiger partial charge in [0.25, 0.3) is 0 Å². The molecule has 3 aliphatic heterocycles. The lowest BCUT2D eigenvalue weighted by Gasteiger charge is -2.43. The van der Waals surface area contributed by atoms with Crippen LogP contribution in [0.3, 0.4) is 0 Å². The summed E-state index contributed by atoms with van der Waals surface area (Å²) in [5.74, 6) is -0.980. The molecule has 3 rings (SSSR count). The zero-order chi connectivity index (χ0) is 16.6. The highest BCUT2D eigenvalue weighted by atomic mass is 16.6. The summed E-state index contributed by atoms with van der Waals surface area (Å²) < 4.78 is 10.3. The molecule has 0 bridgehead atoms. The third-order valence-corrected chi connectivity index (χ3v) is 4.33. The van der Waals surface area contributed by atoms with E-state index in [1.807, 2.05) is 0 Å². The Morgan fingerprint density at radius 3 is 1.65 bits per heavy atom. The molecule has 2 atom stereocenters. The first-order chi connectivity index (χ1) is 11.0. The fraction of sp³-hybridized carbons (Fsp3) is 0.562. The van der Waals surface area contributed by atoms with E-state index in [4.69, 9.17) is 9.47 Å². The standard InChI is InChI=1S/C16H20N2O5/c1-3-5-16(6-4-2)13(19)17(7-11-9-22-11)15(21)18(14(16)20)8-12-10-23-12/h3-4,11-12H,1-2,5-10H2. The van der Waals surface area contributed by atoms with E-state index in [9.17, 15) is 14.4 Å². The monoisotopic (exact) mass is 320 g/mol. The number of urea groups is 1. The maximum Gasteiger partial charge on any atom is 0.333 e. The number of carbonyl (C=O) groups is 3. The third-order valence-electron chi connectivity index (χ3n) is 4.33. The molecule has 0 aromatic rings. The Morgan fingerprint density at radius 2 is 1.35 bits per heavy atom. The number of nitrogens with zero attached hydrogens (tertiary/aromatic N) is 2. The highest BCUT2D eigenvalue weighted by Crippen LogP contribution is 2.38. The summed E-state index contributed by atoms with van der Waals surface area (Å²) in [6, 6.07) is -0.588. The number of imide groups is 2. The first kappa shape index (κ1) is 15.9. The molecule has 7 nitrogen and oxygen atoms in total. The van der Waals surface area contributed by atoms with Crippen LogP contribution in [-0.2, 0) is 19.1 Å². The summed E-state index contributed by atoms with van der Waals surface area (Å²) in [7, 11) is 0. The summed E-state index contributed by atoms with van der Waals surface area (Å²) >= 11 is 0. The van der Waals surface area contributed by atoms with Gasteiger partial charge in [-0.25, -0.2) is 4.79 Å². The Balaban J connectivity index is 1.95. The number of hydrogen-bond donors (Lipinski definition) is 0. The van der Waals surface area contributed by atoms with Crippen molar-refractivity contribution in [3.63, 3.8) is 0 Å². The van der Waals surface area contributed by atoms with Gasteiger partial charge in [-0.3, -0.25) is 19.4 Å². The van der Waals surface area contributed by atoms with E-state index in [0.29, 0.717) is 13.2 Å². The van der Waals surface area contributed by atoms with Crippen LogP contribution in [0.15, 0.2) is 25.3 Å². The Kier molecular flexibility index (Phi) is 4.08. The van der Waals surface area contributed by atoms with Gasteiger partial charge < -0.3 is 9.47 Å². The van der Waals surface area contributed by atoms with Gasteiger partial charge in [-0.1, -0.05) is 12.2 Å². The Labute approximate surface area is 134 Å². The second kappa shape index (κ2) is 5.90. The number of epoxide rings is 2. The molecule has 3 saturated heterocycles. The molecule has 0 radical (unpaired) electrons. The van der Waals surface area contributed by atoms with Crippen LogP contribution in [0.1, 0.15) is 12.8 Å². The molecule has 23 heavy (non-hydrogen) atoms. The van der Waals surface area contributed by atoms with Gasteiger partial charge in [-0.2, -0.15) is 0 Å². The van der Waals surface area contributed by atoms with Gasteiger partial charge in [0.1, 0.15) is 5.41 Å². The summed E-state index contributed by atoms with van der Waals surface area (Å²) in [5, 5.41) is 0. The molecule has 3 heterocycles. The summed E-state index contributed by atoms with van der Waals surface area (Å²) in [6.45, 7) is 8.69. The first-order valence-corrected chi connectivity index (χ1v) is 7.66. The Bertz CT molecular complexity index is 517. The largest absolute Gasteiger partial charge is 0.371 e. The summed E-state index contributed by atoms with van der Waals surface area (Å²) in [5.41, 5.74) is -1.35. The van der Waals surface area contributed by atoms with Gasteiger partial charge in [0, 0.05) is 0 Å². The molecule has 0 saturated carbocycles. The second-order valence-corrected chi connectivity index (χ2v) is 6.09. The third kappa shape index (κ3) is 2.82. The van der Waals surface area contributed by atoms with E-state index in [1.54, 1.807) is 0 Å². The molecule has 0 aliphatic carbocycles. The number of allylic oxidation sites excluding steroid dienone is 2. The molecule has 3 fully saturated rings. The number of ether oxygens (including phenoxy) is 2. The normalized spacial score (nSPS) is 28.8. The predicted octanol–water partition coefficient (Wildman–Crippen LogP) is 0.713. The summed E-state index contributed by atoms with van der Waals surface area (Å²) in [6.07, 6.45) is 3.11. The van der Waals surface area contributed by atoms with Crippen molar-refractivity contribution in [2.75, 3.05) is 26.3 Å². The summed E-state index contributed by atoms with van der Waals surface area (Å²) in [4.78, 5) is 40.8. The lowest BCUT2D eigenvalue weighted by atomic mass is 9.76. The topological polar surface area (TPSA) is 82.8 Å². The maximum absolute atomic E-state index is 12.9. The minimum Gasteiger partial charge on any atom is -0.371 e. The molecule has 0 aromatic heterocycles. The van der Waals surface area contributed by atoms with Crippen LogP contribution in [0.5, 0.6) is 0 Å². The quantitative estimate of drug-likeness (QED) is 0.374. The van der Waals surface area contributed by atoms with Crippen molar-refractivity contribution >= 4 is 17.8 Å². The molecule has 0 spiro atoms. The maximum atomic E-state index is 12.9. The van der Waals surface area contributed by atoms with Crippen LogP contribution in [0.25, 0.3) is 0 Å². The minimum absolute atomic E-state index is 0.139. The molecular formula is C16H20N2O5. The smallest absolute Gasteiger partial charge is 0.333 e. The van der Waals surface area contributed by atoms with Crippen molar-refractivity contribution in [1.29, 1.82) is 0 Å². The van der Waals surface area contributed by atoms with E-state index < -0.39 is 23.3 Å². The first-order valence-electron chi connectivity index (χ1n) is 7.66. The highest BCUT2D eigenvalue weighted by Gasteiger charge is 2.57. The molecule has 7 heteroatoms. The average Bonchev–Trinajstić information content (AvgIpc) is 3.42. The second-order valence-electron chi connectivity index (χ2n) is 6.09. The van der Waals surface area contributed by atoms with E-state index in [0.717, 1.165) is 9.80 Å². The van der Waals surface area contributed by atoms with Crippen LogP contribution < -0.4 is 0 Å². The van der Waals surface area contributed by atoms with Crippen molar-refractivity contribution < 1.29 is 23.9 Å². The zero-order valence-corrected chi connectivity index (χ0v) is 12.9. The van der Waals surface area contributed by atoms with Crippen LogP contribution >= 0.6 is 0 Å². The molecule has 0 aromatic carbocycles. The lowest BCUT2D eigenvalue weighted by Crippen LogP contribution is -2.66. The van der Waals surface area contributed by atoms with Crippen LogP contribution in [-0.4, -0.2) is 66.2 Å². The van der Waals surface area contributed by atoms with Gasteiger partial charge in [-0.05, 0) is 12.8 Å². The number of carbonyl (C=O) groups excluding carboxylic acids is 3. The number of amides is 4. The SMILES string of the molecule is C=CCC1(CC=C)C(=O)N(CC2CO2)C(=O)N(CC2CO2)C1=O. The fourth-order valence-electron chi connectivity index (χ4n) is 2.93. The van der Waals surface area contributed by atoms with Crippen LogP contribution in [0.2, 0.25) is 0 Å². The van der Waals surface area contributed by atoms with E-state index >= 15 is 0 Å². The van der Waals surface area contributed by atoms with Crippen LogP contribution in [0.4, 0.5) is 4.79 Å². The van der Waals surface area contributed by atoms with Gasteiger partial charge in [-0.15, -0.1) is 13.2 Å². The minimum atomic E-state index is -1.35. The zero-order valence-electron chi connectivity index (χ0n) is 12.9. The molecule has 124 valence electrons. The van der Waals surface area contributed by atoms with Gasteiger partial charge in [0.15, 0.2) is 0 Å². The van der Waals surface area contributed by atoms with Crippen molar-refractivity contribution in [2.24, 2.45) is 5.41 Å². The molecule has 2 unspecified atom stereocenters. The van der Waals surface area contributed by atoms with Crippen molar-refractivity contribution in [3.8, 4) is 0 Å². The van der Waals surface area contributed by atoms with Crippen LogP contribution in [0, 0.1) is 5.41 Å².